The van der Waals surface area contributed by atoms with Gasteiger partial charge in [-0.05, 0) is 36.9 Å². The number of ether oxygens (including phenoxy) is 1. The number of aliphatic hydroxyl groups is 1. The number of carbonyl (C=O) groups is 1. The van der Waals surface area contributed by atoms with Gasteiger partial charge in [0.1, 0.15) is 18.2 Å². The zero-order valence-corrected chi connectivity index (χ0v) is 14.7. The summed E-state index contributed by atoms with van der Waals surface area (Å²) in [5, 5.41) is 10.8. The summed E-state index contributed by atoms with van der Waals surface area (Å²) < 4.78 is 18.9. The Morgan fingerprint density at radius 3 is 2.71 bits per heavy atom. The molecule has 0 fully saturated rings. The van der Waals surface area contributed by atoms with Gasteiger partial charge in [-0.25, -0.2) is 4.39 Å². The quantitative estimate of drug-likeness (QED) is 0.794. The molecular formula is C18H22FNO3S. The third kappa shape index (κ3) is 4.33. The smallest absolute Gasteiger partial charge is 0.254 e. The van der Waals surface area contributed by atoms with Crippen LogP contribution in [0.15, 0.2) is 29.6 Å². The average molecular weight is 351 g/mol. The summed E-state index contributed by atoms with van der Waals surface area (Å²) in [6, 6.07) is 6.18. The summed E-state index contributed by atoms with van der Waals surface area (Å²) in [5.74, 6) is 0.0205. The van der Waals surface area contributed by atoms with E-state index in [9.17, 15) is 9.18 Å². The zero-order valence-electron chi connectivity index (χ0n) is 13.9. The number of hydrogen-bond donors (Lipinski definition) is 1. The molecule has 1 heterocycles. The van der Waals surface area contributed by atoms with Crippen molar-refractivity contribution >= 4 is 17.2 Å². The van der Waals surface area contributed by atoms with Crippen LogP contribution >= 0.6 is 11.3 Å². The molecule has 1 N–H and O–H groups in total. The van der Waals surface area contributed by atoms with Crippen molar-refractivity contribution < 1.29 is 19.0 Å². The number of thiophene rings is 1. The first-order chi connectivity index (χ1) is 11.6. The Bertz CT molecular complexity index is 683. The van der Waals surface area contributed by atoms with Crippen LogP contribution in [0, 0.1) is 5.82 Å². The Balaban J connectivity index is 2.27. The highest BCUT2D eigenvalue weighted by Gasteiger charge is 2.19. The van der Waals surface area contributed by atoms with Crippen LogP contribution in [0.3, 0.4) is 0 Å². The molecule has 1 amide bonds. The summed E-state index contributed by atoms with van der Waals surface area (Å²) in [7, 11) is 0. The Morgan fingerprint density at radius 1 is 1.29 bits per heavy atom. The van der Waals surface area contributed by atoms with Crippen LogP contribution in [0.25, 0.3) is 0 Å². The van der Waals surface area contributed by atoms with Crippen LogP contribution < -0.4 is 4.74 Å². The molecule has 6 heteroatoms. The second-order valence-corrected chi connectivity index (χ2v) is 6.24. The van der Waals surface area contributed by atoms with E-state index in [0.29, 0.717) is 30.8 Å². The van der Waals surface area contributed by atoms with Crippen LogP contribution in [-0.2, 0) is 6.42 Å². The molecule has 0 saturated heterocycles. The second kappa shape index (κ2) is 8.80. The van der Waals surface area contributed by atoms with E-state index in [1.54, 1.807) is 11.0 Å². The van der Waals surface area contributed by atoms with Gasteiger partial charge >= 0.3 is 0 Å². The van der Waals surface area contributed by atoms with Gasteiger partial charge in [-0.1, -0.05) is 6.07 Å². The maximum atomic E-state index is 13.5. The highest BCUT2D eigenvalue weighted by molar-refractivity contribution is 7.10. The molecule has 0 aliphatic heterocycles. The van der Waals surface area contributed by atoms with E-state index in [1.165, 1.54) is 23.5 Å². The van der Waals surface area contributed by atoms with Crippen molar-refractivity contribution in [1.82, 2.24) is 4.90 Å². The van der Waals surface area contributed by atoms with Crippen molar-refractivity contribution in [3.05, 3.63) is 51.5 Å². The largest absolute Gasteiger partial charge is 0.491 e. The highest BCUT2D eigenvalue weighted by atomic mass is 32.1. The van der Waals surface area contributed by atoms with Crippen molar-refractivity contribution in [3.63, 3.8) is 0 Å². The molecule has 0 bridgehead atoms. The van der Waals surface area contributed by atoms with Crippen LogP contribution in [0.5, 0.6) is 5.75 Å². The molecule has 130 valence electrons. The van der Waals surface area contributed by atoms with Crippen LogP contribution in [-0.4, -0.2) is 42.2 Å². The van der Waals surface area contributed by atoms with Crippen LogP contribution in [0.1, 0.15) is 34.6 Å². The second-order valence-electron chi connectivity index (χ2n) is 5.24. The van der Waals surface area contributed by atoms with E-state index in [-0.39, 0.29) is 19.1 Å². The molecule has 4 nitrogen and oxygen atoms in total. The fourth-order valence-corrected chi connectivity index (χ4v) is 3.38. The minimum atomic E-state index is -0.391. The number of rotatable bonds is 8. The summed E-state index contributed by atoms with van der Waals surface area (Å²) in [6.07, 6.45) is 0.487. The number of hydrogen-bond acceptors (Lipinski definition) is 4. The first kappa shape index (κ1) is 18.4. The van der Waals surface area contributed by atoms with Gasteiger partial charge in [0.15, 0.2) is 0 Å². The fourth-order valence-electron chi connectivity index (χ4n) is 2.49. The highest BCUT2D eigenvalue weighted by Crippen LogP contribution is 2.28. The van der Waals surface area contributed by atoms with E-state index < -0.39 is 5.82 Å². The van der Waals surface area contributed by atoms with Gasteiger partial charge in [-0.2, -0.15) is 0 Å². The van der Waals surface area contributed by atoms with Gasteiger partial charge in [0.2, 0.25) is 0 Å². The van der Waals surface area contributed by atoms with Gasteiger partial charge in [0.05, 0.1) is 12.2 Å². The van der Waals surface area contributed by atoms with Gasteiger partial charge < -0.3 is 14.7 Å². The van der Waals surface area contributed by atoms with Crippen molar-refractivity contribution in [3.8, 4) is 5.75 Å². The van der Waals surface area contributed by atoms with Gasteiger partial charge in [0, 0.05) is 30.5 Å². The molecule has 0 aliphatic carbocycles. The molecule has 0 atom stereocenters. The van der Waals surface area contributed by atoms with Gasteiger partial charge in [-0.3, -0.25) is 4.79 Å². The van der Waals surface area contributed by atoms with E-state index in [2.05, 4.69) is 0 Å². The predicted octanol–water partition coefficient (Wildman–Crippen LogP) is 3.33. The lowest BCUT2D eigenvalue weighted by Crippen LogP contribution is -2.30. The number of aliphatic hydroxyl groups excluding tert-OH is 1. The monoisotopic (exact) mass is 351 g/mol. The molecular weight excluding hydrogens is 329 g/mol. The van der Waals surface area contributed by atoms with Crippen molar-refractivity contribution in [1.29, 1.82) is 0 Å². The summed E-state index contributed by atoms with van der Waals surface area (Å²) in [5.41, 5.74) is 1.47. The molecule has 0 unspecified atom stereocenters. The molecule has 2 rings (SSSR count). The lowest BCUT2D eigenvalue weighted by molar-refractivity contribution is 0.0772. The molecule has 0 saturated carbocycles. The molecule has 1 aromatic heterocycles. The predicted molar refractivity (Wildman–Crippen MR) is 93.4 cm³/mol. The summed E-state index contributed by atoms with van der Waals surface area (Å²) in [6.45, 7) is 5.19. The third-order valence-electron chi connectivity index (χ3n) is 3.76. The first-order valence-electron chi connectivity index (χ1n) is 7.98. The molecule has 2 aromatic rings. The SMILES string of the molecule is CCN(CC)C(=O)c1ccsc1Cc1ccc(F)cc1OCCO. The Morgan fingerprint density at radius 2 is 2.04 bits per heavy atom. The van der Waals surface area contributed by atoms with Crippen LogP contribution in [0.4, 0.5) is 4.39 Å². The fraction of sp³-hybridized carbons (Fsp3) is 0.389. The van der Waals surface area contributed by atoms with Crippen molar-refractivity contribution in [2.24, 2.45) is 0 Å². The maximum Gasteiger partial charge on any atom is 0.254 e. The van der Waals surface area contributed by atoms with Crippen molar-refractivity contribution in [2.45, 2.75) is 20.3 Å². The topological polar surface area (TPSA) is 49.8 Å². The lowest BCUT2D eigenvalue weighted by atomic mass is 10.1. The molecule has 0 aliphatic rings. The normalized spacial score (nSPS) is 10.7. The number of carbonyl (C=O) groups excluding carboxylic acids is 1. The average Bonchev–Trinajstić information content (AvgIpc) is 3.04. The van der Waals surface area contributed by atoms with Crippen LogP contribution in [0.2, 0.25) is 0 Å². The minimum Gasteiger partial charge on any atom is -0.491 e. The number of benzene rings is 1. The number of amides is 1. The zero-order chi connectivity index (χ0) is 17.5. The van der Waals surface area contributed by atoms with E-state index in [0.717, 1.165) is 10.4 Å². The van der Waals surface area contributed by atoms with Gasteiger partial charge in [-0.15, -0.1) is 11.3 Å². The lowest BCUT2D eigenvalue weighted by Gasteiger charge is -2.19. The summed E-state index contributed by atoms with van der Waals surface area (Å²) in [4.78, 5) is 15.3. The Kier molecular flexibility index (Phi) is 6.75. The third-order valence-corrected chi connectivity index (χ3v) is 4.68. The van der Waals surface area contributed by atoms with E-state index >= 15 is 0 Å². The number of halogens is 1. The molecule has 0 spiro atoms. The number of nitrogens with zero attached hydrogens (tertiary/aromatic N) is 1. The van der Waals surface area contributed by atoms with E-state index in [1.807, 2.05) is 25.3 Å². The Hall–Kier alpha value is -1.92. The van der Waals surface area contributed by atoms with E-state index in [4.69, 9.17) is 9.84 Å². The molecule has 1 aromatic carbocycles. The summed E-state index contributed by atoms with van der Waals surface area (Å²) >= 11 is 1.50. The van der Waals surface area contributed by atoms with Crippen molar-refractivity contribution in [2.75, 3.05) is 26.3 Å². The minimum absolute atomic E-state index is 0.0104. The molecule has 24 heavy (non-hydrogen) atoms. The maximum absolute atomic E-state index is 13.5. The standard InChI is InChI=1S/C18H22FNO3S/c1-3-20(4-2)18(22)15-7-10-24-17(15)11-13-5-6-14(19)12-16(13)23-9-8-21/h5-7,10,12,21H,3-4,8-9,11H2,1-2H3. The molecule has 0 radical (unpaired) electrons. The van der Waals surface area contributed by atoms with Gasteiger partial charge in [0.25, 0.3) is 5.91 Å². The first-order valence-corrected chi connectivity index (χ1v) is 8.86. The Labute approximate surface area is 145 Å².